The van der Waals surface area contributed by atoms with Crippen molar-refractivity contribution in [2.45, 2.75) is 31.7 Å². The minimum atomic E-state index is -0.116. The molecule has 2 fully saturated rings. The maximum atomic E-state index is 13.1. The number of benzene rings is 1. The van der Waals surface area contributed by atoms with Crippen LogP contribution in [0.4, 0.5) is 4.39 Å². The first-order valence-corrected chi connectivity index (χ1v) is 7.52. The average molecular weight is 262 g/mol. The SMILES string of the molecule is Fc1cccc(CCN2CCN3CCCCC3C2)c1. The zero-order valence-electron chi connectivity index (χ0n) is 11.5. The Morgan fingerprint density at radius 3 is 3.00 bits per heavy atom. The normalized spacial score (nSPS) is 25.2. The van der Waals surface area contributed by atoms with Crippen molar-refractivity contribution in [1.29, 1.82) is 0 Å². The van der Waals surface area contributed by atoms with E-state index >= 15 is 0 Å². The number of hydrogen-bond acceptors (Lipinski definition) is 2. The van der Waals surface area contributed by atoms with Gasteiger partial charge < -0.3 is 4.90 Å². The lowest BCUT2D eigenvalue weighted by Gasteiger charge is -2.44. The van der Waals surface area contributed by atoms with E-state index in [0.717, 1.165) is 24.6 Å². The molecular formula is C16H23FN2. The Labute approximate surface area is 115 Å². The molecule has 3 rings (SSSR count). The number of piperidine rings is 1. The average Bonchev–Trinajstić information content (AvgIpc) is 2.45. The lowest BCUT2D eigenvalue weighted by Crippen LogP contribution is -2.55. The van der Waals surface area contributed by atoms with Crippen molar-refractivity contribution < 1.29 is 4.39 Å². The molecule has 2 nitrogen and oxygen atoms in total. The summed E-state index contributed by atoms with van der Waals surface area (Å²) in [7, 11) is 0. The van der Waals surface area contributed by atoms with Crippen LogP contribution in [0.2, 0.25) is 0 Å². The Balaban J connectivity index is 1.51. The first-order valence-electron chi connectivity index (χ1n) is 7.52. The second kappa shape index (κ2) is 6.02. The highest BCUT2D eigenvalue weighted by Gasteiger charge is 2.28. The van der Waals surface area contributed by atoms with E-state index in [0.29, 0.717) is 0 Å². The van der Waals surface area contributed by atoms with Gasteiger partial charge in [0.25, 0.3) is 0 Å². The van der Waals surface area contributed by atoms with Crippen LogP contribution in [0.15, 0.2) is 24.3 Å². The van der Waals surface area contributed by atoms with Gasteiger partial charge >= 0.3 is 0 Å². The first-order chi connectivity index (χ1) is 9.31. The van der Waals surface area contributed by atoms with Gasteiger partial charge in [-0.1, -0.05) is 18.6 Å². The predicted molar refractivity (Wildman–Crippen MR) is 75.8 cm³/mol. The van der Waals surface area contributed by atoms with E-state index in [2.05, 4.69) is 9.80 Å². The van der Waals surface area contributed by atoms with Crippen LogP contribution in [0.25, 0.3) is 0 Å². The summed E-state index contributed by atoms with van der Waals surface area (Å²) < 4.78 is 13.1. The highest BCUT2D eigenvalue weighted by Crippen LogP contribution is 2.21. The zero-order chi connectivity index (χ0) is 13.1. The number of rotatable bonds is 3. The first kappa shape index (κ1) is 13.1. The number of halogens is 1. The van der Waals surface area contributed by atoms with Crippen molar-refractivity contribution in [2.24, 2.45) is 0 Å². The molecule has 2 aliphatic rings. The molecule has 19 heavy (non-hydrogen) atoms. The molecule has 0 N–H and O–H groups in total. The van der Waals surface area contributed by atoms with E-state index < -0.39 is 0 Å². The van der Waals surface area contributed by atoms with Gasteiger partial charge in [-0.05, 0) is 43.5 Å². The van der Waals surface area contributed by atoms with Crippen molar-refractivity contribution in [3.05, 3.63) is 35.6 Å². The Morgan fingerprint density at radius 1 is 1.16 bits per heavy atom. The highest BCUT2D eigenvalue weighted by atomic mass is 19.1. The fourth-order valence-corrected chi connectivity index (χ4v) is 3.40. The summed E-state index contributed by atoms with van der Waals surface area (Å²) in [5.74, 6) is -0.116. The third-order valence-corrected chi connectivity index (χ3v) is 4.53. The molecule has 0 radical (unpaired) electrons. The fraction of sp³-hybridized carbons (Fsp3) is 0.625. The third-order valence-electron chi connectivity index (χ3n) is 4.53. The summed E-state index contributed by atoms with van der Waals surface area (Å²) in [4.78, 5) is 5.21. The molecule has 1 unspecified atom stereocenters. The monoisotopic (exact) mass is 262 g/mol. The maximum Gasteiger partial charge on any atom is 0.123 e. The van der Waals surface area contributed by atoms with E-state index in [1.807, 2.05) is 12.1 Å². The molecular weight excluding hydrogens is 239 g/mol. The van der Waals surface area contributed by atoms with Gasteiger partial charge in [-0.3, -0.25) is 4.90 Å². The lowest BCUT2D eigenvalue weighted by molar-refractivity contribution is 0.0500. The summed E-state index contributed by atoms with van der Waals surface area (Å²) in [6.07, 6.45) is 5.08. The molecule has 0 bridgehead atoms. The van der Waals surface area contributed by atoms with Gasteiger partial charge in [-0.15, -0.1) is 0 Å². The fourth-order valence-electron chi connectivity index (χ4n) is 3.40. The third kappa shape index (κ3) is 3.34. The summed E-state index contributed by atoms with van der Waals surface area (Å²) in [6.45, 7) is 5.95. The highest BCUT2D eigenvalue weighted by molar-refractivity contribution is 5.16. The summed E-state index contributed by atoms with van der Waals surface area (Å²) in [5, 5.41) is 0. The standard InChI is InChI=1S/C16H23FN2/c17-15-5-3-4-14(12-15)7-9-18-10-11-19-8-2-1-6-16(19)13-18/h3-5,12,16H,1-2,6-11,13H2. The molecule has 0 saturated carbocycles. The van der Waals surface area contributed by atoms with E-state index in [1.165, 1.54) is 51.5 Å². The number of hydrogen-bond donors (Lipinski definition) is 0. The van der Waals surface area contributed by atoms with Gasteiger partial charge in [0.15, 0.2) is 0 Å². The largest absolute Gasteiger partial charge is 0.300 e. The molecule has 0 aliphatic carbocycles. The van der Waals surface area contributed by atoms with Crippen LogP contribution in [0.3, 0.4) is 0 Å². The molecule has 0 amide bonds. The molecule has 0 aromatic heterocycles. The van der Waals surface area contributed by atoms with Crippen molar-refractivity contribution in [3.8, 4) is 0 Å². The quantitative estimate of drug-likeness (QED) is 0.826. The van der Waals surface area contributed by atoms with Crippen LogP contribution in [0.1, 0.15) is 24.8 Å². The van der Waals surface area contributed by atoms with Crippen LogP contribution in [-0.2, 0) is 6.42 Å². The van der Waals surface area contributed by atoms with Crippen molar-refractivity contribution in [3.63, 3.8) is 0 Å². The smallest absolute Gasteiger partial charge is 0.123 e. The van der Waals surface area contributed by atoms with E-state index in [9.17, 15) is 4.39 Å². The zero-order valence-corrected chi connectivity index (χ0v) is 11.5. The molecule has 2 aliphatic heterocycles. The Morgan fingerprint density at radius 2 is 2.11 bits per heavy atom. The van der Waals surface area contributed by atoms with Crippen LogP contribution in [-0.4, -0.2) is 48.6 Å². The Kier molecular flexibility index (Phi) is 4.14. The van der Waals surface area contributed by atoms with Gasteiger partial charge in [0.1, 0.15) is 5.82 Å². The summed E-state index contributed by atoms with van der Waals surface area (Å²) in [6, 6.07) is 7.79. The molecule has 1 aromatic carbocycles. The lowest BCUT2D eigenvalue weighted by atomic mass is 9.99. The summed E-state index contributed by atoms with van der Waals surface area (Å²) >= 11 is 0. The second-order valence-corrected chi connectivity index (χ2v) is 5.87. The molecule has 1 atom stereocenters. The van der Waals surface area contributed by atoms with Crippen LogP contribution in [0.5, 0.6) is 0 Å². The Bertz CT molecular complexity index is 421. The number of piperazine rings is 1. The minimum absolute atomic E-state index is 0.116. The second-order valence-electron chi connectivity index (χ2n) is 5.87. The van der Waals surface area contributed by atoms with Crippen molar-refractivity contribution in [2.75, 3.05) is 32.7 Å². The molecule has 104 valence electrons. The molecule has 2 saturated heterocycles. The number of fused-ring (bicyclic) bond motifs is 1. The van der Waals surface area contributed by atoms with E-state index in [-0.39, 0.29) is 5.82 Å². The van der Waals surface area contributed by atoms with Crippen molar-refractivity contribution >= 4 is 0 Å². The van der Waals surface area contributed by atoms with E-state index in [1.54, 1.807) is 6.07 Å². The van der Waals surface area contributed by atoms with Crippen molar-refractivity contribution in [1.82, 2.24) is 9.80 Å². The molecule has 0 spiro atoms. The van der Waals surface area contributed by atoms with Gasteiger partial charge in [0, 0.05) is 32.2 Å². The predicted octanol–water partition coefficient (Wildman–Crippen LogP) is 2.54. The Hall–Kier alpha value is -0.930. The maximum absolute atomic E-state index is 13.1. The van der Waals surface area contributed by atoms with E-state index in [4.69, 9.17) is 0 Å². The van der Waals surface area contributed by atoms with Crippen LogP contribution in [0, 0.1) is 5.82 Å². The van der Waals surface area contributed by atoms with Gasteiger partial charge in [-0.2, -0.15) is 0 Å². The van der Waals surface area contributed by atoms with Gasteiger partial charge in [-0.25, -0.2) is 4.39 Å². The molecule has 1 aromatic rings. The van der Waals surface area contributed by atoms with Gasteiger partial charge in [0.2, 0.25) is 0 Å². The molecule has 3 heteroatoms. The minimum Gasteiger partial charge on any atom is -0.300 e. The number of nitrogens with zero attached hydrogens (tertiary/aromatic N) is 2. The topological polar surface area (TPSA) is 6.48 Å². The van der Waals surface area contributed by atoms with Gasteiger partial charge in [0.05, 0.1) is 0 Å². The van der Waals surface area contributed by atoms with Crippen LogP contribution < -0.4 is 0 Å². The molecule has 2 heterocycles. The van der Waals surface area contributed by atoms with Crippen LogP contribution >= 0.6 is 0 Å². The summed E-state index contributed by atoms with van der Waals surface area (Å²) in [5.41, 5.74) is 1.12.